The van der Waals surface area contributed by atoms with E-state index in [9.17, 15) is 22.8 Å². The summed E-state index contributed by atoms with van der Waals surface area (Å²) in [6, 6.07) is 20.8. The minimum absolute atomic E-state index is 0.0546. The van der Waals surface area contributed by atoms with Crippen LogP contribution >= 0.6 is 11.8 Å². The molecule has 216 valence electrons. The Kier molecular flexibility index (Phi) is 8.92. The largest absolute Gasteiger partial charge is 0.405 e. The number of halogens is 3. The maximum absolute atomic E-state index is 13.5. The molecule has 0 spiro atoms. The second kappa shape index (κ2) is 12.6. The SMILES string of the molecule is CCCCc1c(N2CCC(NC(=O)c3ccccc3)CC2)ccc2c1C(C(=O)NCC(F)(F)F)c1ccccc1S2. The quantitative estimate of drug-likeness (QED) is 0.311. The molecule has 0 radical (unpaired) electrons. The van der Waals surface area contributed by atoms with E-state index in [4.69, 9.17) is 0 Å². The maximum Gasteiger partial charge on any atom is 0.405 e. The molecule has 9 heteroatoms. The highest BCUT2D eigenvalue weighted by molar-refractivity contribution is 7.99. The number of alkyl halides is 3. The first-order chi connectivity index (χ1) is 19.7. The smallest absolute Gasteiger partial charge is 0.371 e. The van der Waals surface area contributed by atoms with Crippen LogP contribution < -0.4 is 15.5 Å². The van der Waals surface area contributed by atoms with Gasteiger partial charge in [0.05, 0.1) is 5.92 Å². The lowest BCUT2D eigenvalue weighted by Gasteiger charge is -2.37. The molecule has 3 aromatic carbocycles. The van der Waals surface area contributed by atoms with Crippen LogP contribution in [0.25, 0.3) is 0 Å². The van der Waals surface area contributed by atoms with Gasteiger partial charge in [0.2, 0.25) is 5.91 Å². The number of fused-ring (bicyclic) bond motifs is 2. The molecule has 0 saturated carbocycles. The zero-order valence-electron chi connectivity index (χ0n) is 23.0. The molecule has 3 aromatic rings. The van der Waals surface area contributed by atoms with E-state index >= 15 is 0 Å². The van der Waals surface area contributed by atoms with Crippen molar-refractivity contribution in [2.24, 2.45) is 0 Å². The number of hydrogen-bond acceptors (Lipinski definition) is 4. The Morgan fingerprint density at radius 1 is 0.951 bits per heavy atom. The van der Waals surface area contributed by atoms with Crippen LogP contribution in [0.3, 0.4) is 0 Å². The lowest BCUT2D eigenvalue weighted by atomic mass is 9.84. The zero-order valence-corrected chi connectivity index (χ0v) is 23.8. The highest BCUT2D eigenvalue weighted by Gasteiger charge is 2.37. The van der Waals surface area contributed by atoms with Gasteiger partial charge in [0.25, 0.3) is 5.91 Å². The molecule has 2 heterocycles. The van der Waals surface area contributed by atoms with Crippen molar-refractivity contribution in [1.82, 2.24) is 10.6 Å². The normalized spacial score (nSPS) is 17.0. The lowest BCUT2D eigenvalue weighted by molar-refractivity contribution is -0.138. The second-order valence-corrected chi connectivity index (χ2v) is 11.7. The van der Waals surface area contributed by atoms with E-state index in [1.54, 1.807) is 23.9 Å². The number of anilines is 1. The Morgan fingerprint density at radius 2 is 1.66 bits per heavy atom. The average Bonchev–Trinajstić information content (AvgIpc) is 2.98. The molecular weight excluding hydrogens is 547 g/mol. The molecule has 1 unspecified atom stereocenters. The van der Waals surface area contributed by atoms with Crippen LogP contribution in [0.15, 0.2) is 76.5 Å². The number of rotatable bonds is 8. The standard InChI is InChI=1S/C32H34F3N3O2S/c1-2-3-11-23-25(38-18-16-22(17-19-38)37-30(39)21-9-5-4-6-10-21)14-15-27-28(23)29(31(40)36-20-32(33,34)35)24-12-7-8-13-26(24)41-27/h4-10,12-15,22,29H,2-3,11,16-20H2,1H3,(H,36,40)(H,37,39). The lowest BCUT2D eigenvalue weighted by Crippen LogP contribution is -2.45. The summed E-state index contributed by atoms with van der Waals surface area (Å²) >= 11 is 1.57. The van der Waals surface area contributed by atoms with Crippen molar-refractivity contribution in [2.45, 2.75) is 67.0 Å². The maximum atomic E-state index is 13.5. The summed E-state index contributed by atoms with van der Waals surface area (Å²) in [7, 11) is 0. The first-order valence-corrected chi connectivity index (χ1v) is 14.9. The fraction of sp³-hybridized carbons (Fsp3) is 0.375. The number of amides is 2. The van der Waals surface area contributed by atoms with Gasteiger partial charge in [-0.2, -0.15) is 13.2 Å². The second-order valence-electron chi connectivity index (χ2n) is 10.6. The Balaban J connectivity index is 1.43. The Labute approximate surface area is 242 Å². The van der Waals surface area contributed by atoms with Gasteiger partial charge in [-0.25, -0.2) is 0 Å². The van der Waals surface area contributed by atoms with Crippen LogP contribution in [0, 0.1) is 0 Å². The third-order valence-corrected chi connectivity index (χ3v) is 8.91. The van der Waals surface area contributed by atoms with Crippen LogP contribution in [0.4, 0.5) is 18.9 Å². The van der Waals surface area contributed by atoms with Crippen molar-refractivity contribution in [3.05, 3.63) is 89.0 Å². The first kappa shape index (κ1) is 29.0. The topological polar surface area (TPSA) is 61.4 Å². The minimum atomic E-state index is -4.49. The van der Waals surface area contributed by atoms with E-state index in [-0.39, 0.29) is 11.9 Å². The molecule has 0 aliphatic carbocycles. The van der Waals surface area contributed by atoms with E-state index in [2.05, 4.69) is 28.5 Å². The fourth-order valence-electron chi connectivity index (χ4n) is 5.72. The van der Waals surface area contributed by atoms with E-state index in [1.165, 1.54) is 0 Å². The number of carbonyl (C=O) groups excluding carboxylic acids is 2. The van der Waals surface area contributed by atoms with Crippen LogP contribution in [-0.2, 0) is 11.2 Å². The molecule has 41 heavy (non-hydrogen) atoms. The van der Waals surface area contributed by atoms with Crippen molar-refractivity contribution in [3.8, 4) is 0 Å². The number of nitrogens with zero attached hydrogens (tertiary/aromatic N) is 1. The Bertz CT molecular complexity index is 1390. The monoisotopic (exact) mass is 581 g/mol. The molecule has 1 fully saturated rings. The van der Waals surface area contributed by atoms with Crippen LogP contribution in [-0.4, -0.2) is 43.7 Å². The van der Waals surface area contributed by atoms with Gasteiger partial charge in [0, 0.05) is 40.2 Å². The fourth-order valence-corrected chi connectivity index (χ4v) is 6.89. The summed E-state index contributed by atoms with van der Waals surface area (Å²) in [5, 5.41) is 5.32. The highest BCUT2D eigenvalue weighted by atomic mass is 32.2. The van der Waals surface area contributed by atoms with Gasteiger partial charge >= 0.3 is 6.18 Å². The van der Waals surface area contributed by atoms with E-state index in [1.807, 2.05) is 48.5 Å². The predicted octanol–water partition coefficient (Wildman–Crippen LogP) is 6.70. The van der Waals surface area contributed by atoms with E-state index < -0.39 is 24.5 Å². The third-order valence-electron chi connectivity index (χ3n) is 7.74. The molecule has 0 aromatic heterocycles. The average molecular weight is 582 g/mol. The summed E-state index contributed by atoms with van der Waals surface area (Å²) in [4.78, 5) is 30.2. The van der Waals surface area contributed by atoms with Gasteiger partial charge in [0.1, 0.15) is 6.54 Å². The molecule has 2 aliphatic rings. The molecule has 5 nitrogen and oxygen atoms in total. The number of unbranched alkanes of at least 4 members (excludes halogenated alkanes) is 1. The summed E-state index contributed by atoms with van der Waals surface area (Å²) in [5.74, 6) is -1.53. The number of piperidine rings is 1. The van der Waals surface area contributed by atoms with Crippen LogP contribution in [0.2, 0.25) is 0 Å². The Hall–Kier alpha value is -3.46. The van der Waals surface area contributed by atoms with Gasteiger partial charge in [-0.05, 0) is 72.7 Å². The minimum Gasteiger partial charge on any atom is -0.371 e. The number of nitrogens with one attached hydrogen (secondary N) is 2. The predicted molar refractivity (Wildman–Crippen MR) is 156 cm³/mol. The van der Waals surface area contributed by atoms with Crippen LogP contribution in [0.5, 0.6) is 0 Å². The highest BCUT2D eigenvalue weighted by Crippen LogP contribution is 2.49. The molecule has 2 amide bonds. The van der Waals surface area contributed by atoms with Crippen molar-refractivity contribution in [1.29, 1.82) is 0 Å². The van der Waals surface area contributed by atoms with Crippen LogP contribution in [0.1, 0.15) is 65.6 Å². The summed E-state index contributed by atoms with van der Waals surface area (Å²) in [5.41, 5.74) is 4.25. The molecule has 2 N–H and O–H groups in total. The van der Waals surface area contributed by atoms with Crippen molar-refractivity contribution >= 4 is 29.3 Å². The molecule has 5 rings (SSSR count). The van der Waals surface area contributed by atoms with Gasteiger partial charge in [-0.3, -0.25) is 9.59 Å². The van der Waals surface area contributed by atoms with E-state index in [0.29, 0.717) is 5.56 Å². The van der Waals surface area contributed by atoms with Gasteiger partial charge in [0.15, 0.2) is 0 Å². The molecular formula is C32H34F3N3O2S. The molecule has 1 atom stereocenters. The molecule has 2 aliphatic heterocycles. The summed E-state index contributed by atoms with van der Waals surface area (Å²) < 4.78 is 39.2. The van der Waals surface area contributed by atoms with Crippen molar-refractivity contribution in [2.75, 3.05) is 24.5 Å². The summed E-state index contributed by atoms with van der Waals surface area (Å²) in [6.45, 7) is 2.20. The van der Waals surface area contributed by atoms with Crippen molar-refractivity contribution in [3.63, 3.8) is 0 Å². The van der Waals surface area contributed by atoms with Gasteiger partial charge in [-0.1, -0.05) is 61.5 Å². The number of benzene rings is 3. The van der Waals surface area contributed by atoms with E-state index in [0.717, 1.165) is 77.4 Å². The summed E-state index contributed by atoms with van der Waals surface area (Å²) in [6.07, 6.45) is -0.367. The Morgan fingerprint density at radius 3 is 2.37 bits per heavy atom. The zero-order chi connectivity index (χ0) is 29.0. The van der Waals surface area contributed by atoms with Gasteiger partial charge in [-0.15, -0.1) is 0 Å². The third kappa shape index (κ3) is 6.72. The molecule has 0 bridgehead atoms. The van der Waals surface area contributed by atoms with Crippen molar-refractivity contribution < 1.29 is 22.8 Å². The molecule has 1 saturated heterocycles. The van der Waals surface area contributed by atoms with Gasteiger partial charge < -0.3 is 15.5 Å². The first-order valence-electron chi connectivity index (χ1n) is 14.1. The number of carbonyl (C=O) groups is 2. The number of hydrogen-bond donors (Lipinski definition) is 2.